The Kier molecular flexibility index (Phi) is 6.21. The average molecular weight is 292 g/mol. The first-order valence-corrected chi connectivity index (χ1v) is 7.21. The number of rotatable bonds is 6. The van der Waals surface area contributed by atoms with Crippen molar-refractivity contribution in [3.8, 4) is 0 Å². The van der Waals surface area contributed by atoms with Gasteiger partial charge < -0.3 is 15.3 Å². The average Bonchev–Trinajstić information content (AvgIpc) is 2.38. The Balaban J connectivity index is 2.74. The van der Waals surface area contributed by atoms with E-state index >= 15 is 0 Å². The summed E-state index contributed by atoms with van der Waals surface area (Å²) in [5.41, 5.74) is 2.18. The van der Waals surface area contributed by atoms with E-state index in [1.54, 1.807) is 11.8 Å². The molecule has 5 nitrogen and oxygen atoms in total. The largest absolute Gasteiger partial charge is 0.481 e. The van der Waals surface area contributed by atoms with Crippen LogP contribution in [0.25, 0.3) is 0 Å². The number of aryl methyl sites for hydroxylation is 1. The number of nitrogens with one attached hydrogen (secondary N) is 1. The highest BCUT2D eigenvalue weighted by Crippen LogP contribution is 2.17. The smallest absolute Gasteiger partial charge is 0.318 e. The maximum Gasteiger partial charge on any atom is 0.318 e. The van der Waals surface area contributed by atoms with Gasteiger partial charge in [0.1, 0.15) is 0 Å². The second kappa shape index (κ2) is 7.67. The van der Waals surface area contributed by atoms with Gasteiger partial charge in [-0.2, -0.15) is 0 Å². The fourth-order valence-corrected chi connectivity index (χ4v) is 2.44. The Morgan fingerprint density at radius 2 is 1.90 bits per heavy atom. The molecule has 0 saturated carbocycles. The molecule has 21 heavy (non-hydrogen) atoms. The molecule has 5 heteroatoms. The van der Waals surface area contributed by atoms with Crippen LogP contribution < -0.4 is 5.32 Å². The van der Waals surface area contributed by atoms with Crippen molar-refractivity contribution >= 4 is 12.0 Å². The van der Waals surface area contributed by atoms with E-state index in [4.69, 9.17) is 5.11 Å². The number of carboxylic acid groups (broad SMARTS) is 1. The highest BCUT2D eigenvalue weighted by molar-refractivity contribution is 5.76. The molecule has 2 atom stereocenters. The fourth-order valence-electron chi connectivity index (χ4n) is 2.44. The van der Waals surface area contributed by atoms with E-state index in [1.165, 1.54) is 0 Å². The molecule has 2 N–H and O–H groups in total. The molecule has 0 aliphatic carbocycles. The quantitative estimate of drug-likeness (QED) is 0.847. The third kappa shape index (κ3) is 4.77. The van der Waals surface area contributed by atoms with Crippen molar-refractivity contribution in [3.05, 3.63) is 35.4 Å². The Morgan fingerprint density at radius 1 is 1.29 bits per heavy atom. The first kappa shape index (κ1) is 17.0. The van der Waals surface area contributed by atoms with Gasteiger partial charge >= 0.3 is 12.0 Å². The SMILES string of the molecule is CCN(C(=O)NC(C)c1ccccc1C)C(C)CC(=O)O. The molecule has 0 fully saturated rings. The zero-order valence-corrected chi connectivity index (χ0v) is 13.1. The number of hydrogen-bond donors (Lipinski definition) is 2. The number of carbonyl (C=O) groups is 2. The van der Waals surface area contributed by atoms with E-state index in [0.717, 1.165) is 11.1 Å². The zero-order chi connectivity index (χ0) is 16.0. The van der Waals surface area contributed by atoms with Gasteiger partial charge in [0, 0.05) is 12.6 Å². The molecule has 116 valence electrons. The Bertz CT molecular complexity index is 502. The summed E-state index contributed by atoms with van der Waals surface area (Å²) in [4.78, 5) is 24.6. The molecule has 0 heterocycles. The lowest BCUT2D eigenvalue weighted by Gasteiger charge is -2.29. The van der Waals surface area contributed by atoms with Crippen molar-refractivity contribution in [2.45, 2.75) is 46.2 Å². The standard InChI is InChI=1S/C16H24N2O3/c1-5-18(12(3)10-15(19)20)16(21)17-13(4)14-9-7-6-8-11(14)2/h6-9,12-13H,5,10H2,1-4H3,(H,17,21)(H,19,20). The predicted molar refractivity (Wildman–Crippen MR) is 82.2 cm³/mol. The second-order valence-corrected chi connectivity index (χ2v) is 5.26. The van der Waals surface area contributed by atoms with Gasteiger partial charge in [-0.15, -0.1) is 0 Å². The number of carbonyl (C=O) groups excluding carboxylic acids is 1. The fraction of sp³-hybridized carbons (Fsp3) is 0.500. The minimum absolute atomic E-state index is 0.0555. The van der Waals surface area contributed by atoms with E-state index in [1.807, 2.05) is 45.0 Å². The van der Waals surface area contributed by atoms with E-state index < -0.39 is 5.97 Å². The molecule has 1 aromatic rings. The molecule has 0 spiro atoms. The monoisotopic (exact) mass is 292 g/mol. The molecule has 1 rings (SSSR count). The van der Waals surface area contributed by atoms with Crippen LogP contribution in [0.2, 0.25) is 0 Å². The maximum absolute atomic E-state index is 12.3. The maximum atomic E-state index is 12.3. The van der Waals surface area contributed by atoms with Gasteiger partial charge in [-0.05, 0) is 38.8 Å². The minimum Gasteiger partial charge on any atom is -0.481 e. The van der Waals surface area contributed by atoms with Gasteiger partial charge in [0.15, 0.2) is 0 Å². The Labute approximate surface area is 126 Å². The van der Waals surface area contributed by atoms with Gasteiger partial charge in [-0.25, -0.2) is 4.79 Å². The van der Waals surface area contributed by atoms with Gasteiger partial charge in [0.25, 0.3) is 0 Å². The van der Waals surface area contributed by atoms with E-state index in [2.05, 4.69) is 5.32 Å². The van der Waals surface area contributed by atoms with Crippen LogP contribution >= 0.6 is 0 Å². The highest BCUT2D eigenvalue weighted by Gasteiger charge is 2.22. The van der Waals surface area contributed by atoms with Crippen LogP contribution in [0.3, 0.4) is 0 Å². The molecule has 1 aromatic carbocycles. The molecule has 0 radical (unpaired) electrons. The second-order valence-electron chi connectivity index (χ2n) is 5.26. The van der Waals surface area contributed by atoms with E-state index in [0.29, 0.717) is 6.54 Å². The lowest BCUT2D eigenvalue weighted by molar-refractivity contribution is -0.138. The van der Waals surface area contributed by atoms with Gasteiger partial charge in [-0.3, -0.25) is 4.79 Å². The molecule has 2 amide bonds. The van der Waals surface area contributed by atoms with Crippen LogP contribution in [-0.4, -0.2) is 34.6 Å². The number of amides is 2. The molecular weight excluding hydrogens is 268 g/mol. The lowest BCUT2D eigenvalue weighted by Crippen LogP contribution is -2.46. The first-order chi connectivity index (χ1) is 9.86. The van der Waals surface area contributed by atoms with E-state index in [9.17, 15) is 9.59 Å². The number of hydrogen-bond acceptors (Lipinski definition) is 2. The molecule has 0 bridgehead atoms. The Morgan fingerprint density at radius 3 is 2.43 bits per heavy atom. The highest BCUT2D eigenvalue weighted by atomic mass is 16.4. The van der Waals surface area contributed by atoms with Crippen molar-refractivity contribution in [1.82, 2.24) is 10.2 Å². The van der Waals surface area contributed by atoms with E-state index in [-0.39, 0.29) is 24.5 Å². The summed E-state index contributed by atoms with van der Waals surface area (Å²) in [5.74, 6) is -0.902. The third-order valence-electron chi connectivity index (χ3n) is 3.60. The van der Waals surface area contributed by atoms with Crippen LogP contribution in [0.5, 0.6) is 0 Å². The van der Waals surface area contributed by atoms with Crippen LogP contribution in [0.1, 0.15) is 44.4 Å². The topological polar surface area (TPSA) is 69.6 Å². The molecule has 0 aromatic heterocycles. The van der Waals surface area contributed by atoms with Crippen molar-refractivity contribution < 1.29 is 14.7 Å². The van der Waals surface area contributed by atoms with Crippen molar-refractivity contribution in [3.63, 3.8) is 0 Å². The normalized spacial score (nSPS) is 13.3. The number of benzene rings is 1. The lowest BCUT2D eigenvalue weighted by atomic mass is 10.0. The number of urea groups is 1. The summed E-state index contributed by atoms with van der Waals surface area (Å²) < 4.78 is 0. The minimum atomic E-state index is -0.902. The molecule has 0 aliphatic heterocycles. The van der Waals surface area contributed by atoms with Gasteiger partial charge in [0.2, 0.25) is 0 Å². The summed E-state index contributed by atoms with van der Waals surface area (Å²) in [5, 5.41) is 11.8. The molecular formula is C16H24N2O3. The van der Waals surface area contributed by atoms with Crippen molar-refractivity contribution in [2.24, 2.45) is 0 Å². The van der Waals surface area contributed by atoms with Crippen LogP contribution in [-0.2, 0) is 4.79 Å². The van der Waals surface area contributed by atoms with Crippen molar-refractivity contribution in [2.75, 3.05) is 6.54 Å². The van der Waals surface area contributed by atoms with Crippen molar-refractivity contribution in [1.29, 1.82) is 0 Å². The van der Waals surface area contributed by atoms with Gasteiger partial charge in [0.05, 0.1) is 12.5 Å². The van der Waals surface area contributed by atoms with Gasteiger partial charge in [-0.1, -0.05) is 24.3 Å². The Hall–Kier alpha value is -2.04. The number of nitrogens with zero attached hydrogens (tertiary/aromatic N) is 1. The number of carboxylic acids is 1. The molecule has 0 aliphatic rings. The number of aliphatic carboxylic acids is 1. The third-order valence-corrected chi connectivity index (χ3v) is 3.60. The summed E-state index contributed by atoms with van der Waals surface area (Å²) in [6, 6.07) is 7.19. The summed E-state index contributed by atoms with van der Waals surface area (Å²) in [6.07, 6.45) is -0.0555. The predicted octanol–water partition coefficient (Wildman–Crippen LogP) is 2.95. The van der Waals surface area contributed by atoms with Crippen LogP contribution in [0.15, 0.2) is 24.3 Å². The molecule has 2 unspecified atom stereocenters. The summed E-state index contributed by atoms with van der Waals surface area (Å²) in [6.45, 7) is 7.99. The molecule has 0 saturated heterocycles. The zero-order valence-electron chi connectivity index (χ0n) is 13.1. The summed E-state index contributed by atoms with van der Waals surface area (Å²) >= 11 is 0. The van der Waals surface area contributed by atoms with Crippen LogP contribution in [0, 0.1) is 6.92 Å². The van der Waals surface area contributed by atoms with Crippen LogP contribution in [0.4, 0.5) is 4.79 Å². The first-order valence-electron chi connectivity index (χ1n) is 7.21. The summed E-state index contributed by atoms with van der Waals surface area (Å²) in [7, 11) is 0.